The average Bonchev–Trinajstić information content (AvgIpc) is 3.54. The molecule has 1 amide bonds. The van der Waals surface area contributed by atoms with Gasteiger partial charge in [0.05, 0.1) is 30.6 Å². The smallest absolute Gasteiger partial charge is 0.244 e. The van der Waals surface area contributed by atoms with E-state index in [-0.39, 0.29) is 12.7 Å². The number of fused-ring (bicyclic) bond motifs is 4. The Morgan fingerprint density at radius 3 is 2.72 bits per heavy atom. The number of carbonyl (C=O) groups is 1. The van der Waals surface area contributed by atoms with Crippen LogP contribution in [0, 0.1) is 0 Å². The maximum Gasteiger partial charge on any atom is 0.244 e. The zero-order chi connectivity index (χ0) is 24.5. The van der Waals surface area contributed by atoms with E-state index in [4.69, 9.17) is 19.2 Å². The van der Waals surface area contributed by atoms with Crippen LogP contribution in [0.2, 0.25) is 0 Å². The molecule has 0 saturated carbocycles. The summed E-state index contributed by atoms with van der Waals surface area (Å²) in [4.78, 5) is 21.0. The van der Waals surface area contributed by atoms with Crippen molar-refractivity contribution in [2.75, 3.05) is 13.9 Å². The molecule has 7 heteroatoms. The topological polar surface area (TPSA) is 85.5 Å². The first-order valence-electron chi connectivity index (χ1n) is 11.6. The van der Waals surface area contributed by atoms with Gasteiger partial charge in [-0.1, -0.05) is 30.3 Å². The number of hydrogen-bond donors (Lipinski definition) is 2. The van der Waals surface area contributed by atoms with E-state index in [2.05, 4.69) is 16.4 Å². The second-order valence-electron chi connectivity index (χ2n) is 8.45. The molecule has 7 nitrogen and oxygen atoms in total. The van der Waals surface area contributed by atoms with Gasteiger partial charge in [0.15, 0.2) is 11.5 Å². The molecule has 1 aliphatic heterocycles. The van der Waals surface area contributed by atoms with E-state index in [0.29, 0.717) is 12.3 Å². The van der Waals surface area contributed by atoms with Crippen molar-refractivity contribution in [1.29, 1.82) is 0 Å². The Morgan fingerprint density at radius 2 is 1.86 bits per heavy atom. The number of aromatic nitrogens is 2. The molecule has 0 aliphatic carbocycles. The fourth-order valence-corrected chi connectivity index (χ4v) is 4.37. The highest BCUT2D eigenvalue weighted by Crippen LogP contribution is 2.38. The fraction of sp³-hybridized carbons (Fsp3) is 0.103. The van der Waals surface area contributed by atoms with Gasteiger partial charge in [0.1, 0.15) is 5.75 Å². The average molecular weight is 478 g/mol. The molecule has 3 heterocycles. The van der Waals surface area contributed by atoms with Crippen molar-refractivity contribution >= 4 is 33.8 Å². The second-order valence-corrected chi connectivity index (χ2v) is 8.45. The lowest BCUT2D eigenvalue weighted by Crippen LogP contribution is -2.21. The van der Waals surface area contributed by atoms with E-state index in [0.717, 1.165) is 55.8 Å². The van der Waals surface area contributed by atoms with Crippen molar-refractivity contribution in [3.05, 3.63) is 90.1 Å². The van der Waals surface area contributed by atoms with Gasteiger partial charge in [0.25, 0.3) is 0 Å². The van der Waals surface area contributed by atoms with Crippen LogP contribution in [0.1, 0.15) is 11.3 Å². The molecule has 2 aromatic heterocycles. The number of carbonyl (C=O) groups excluding carboxylic acids is 1. The van der Waals surface area contributed by atoms with Crippen molar-refractivity contribution < 1.29 is 19.0 Å². The maximum absolute atomic E-state index is 12.5. The summed E-state index contributed by atoms with van der Waals surface area (Å²) in [6.07, 6.45) is 3.29. The minimum Gasteiger partial charge on any atom is -0.497 e. The lowest BCUT2D eigenvalue weighted by Gasteiger charge is -2.09. The lowest BCUT2D eigenvalue weighted by atomic mass is 10.1. The number of pyridine rings is 1. The Morgan fingerprint density at radius 1 is 1.03 bits per heavy atom. The third-order valence-corrected chi connectivity index (χ3v) is 6.18. The monoisotopic (exact) mass is 477 g/mol. The Bertz CT molecular complexity index is 1620. The van der Waals surface area contributed by atoms with E-state index in [9.17, 15) is 4.79 Å². The molecule has 178 valence electrons. The highest BCUT2D eigenvalue weighted by molar-refractivity contribution is 6.11. The van der Waals surface area contributed by atoms with Gasteiger partial charge in [0.2, 0.25) is 12.7 Å². The van der Waals surface area contributed by atoms with E-state index < -0.39 is 0 Å². The summed E-state index contributed by atoms with van der Waals surface area (Å²) in [5.74, 6) is 1.99. The zero-order valence-electron chi connectivity index (χ0n) is 19.6. The SMILES string of the molecule is COc1ccc(/C=C/C(=O)NCc2cc3c([nH]c4ccccc43)c(-c3ccc4c(c3)OCO4)n2)cc1. The van der Waals surface area contributed by atoms with Crippen LogP contribution in [0.3, 0.4) is 0 Å². The van der Waals surface area contributed by atoms with Gasteiger partial charge < -0.3 is 24.5 Å². The number of ether oxygens (including phenoxy) is 3. The first-order valence-corrected chi connectivity index (χ1v) is 11.6. The van der Waals surface area contributed by atoms with E-state index in [1.165, 1.54) is 6.08 Å². The molecular formula is C29H23N3O4. The Labute approximate surface area is 207 Å². The van der Waals surface area contributed by atoms with Crippen molar-refractivity contribution in [3.8, 4) is 28.5 Å². The predicted octanol–water partition coefficient (Wildman–Crippen LogP) is 5.45. The summed E-state index contributed by atoms with van der Waals surface area (Å²) >= 11 is 0. The van der Waals surface area contributed by atoms with E-state index >= 15 is 0 Å². The standard InChI is InChI=1S/C29H23N3O4/c1-34-21-10-6-18(7-11-21)8-13-27(33)30-16-20-15-23-22-4-2-3-5-24(22)32-29(23)28(31-20)19-9-12-25-26(14-19)36-17-35-25/h2-15,32H,16-17H2,1H3,(H,30,33)/b13-8+. The minimum atomic E-state index is -0.198. The molecule has 1 aliphatic rings. The molecule has 0 atom stereocenters. The molecule has 0 spiro atoms. The van der Waals surface area contributed by atoms with Crippen LogP contribution >= 0.6 is 0 Å². The molecule has 0 saturated heterocycles. The number of methoxy groups -OCH3 is 1. The summed E-state index contributed by atoms with van der Waals surface area (Å²) in [6, 6.07) is 23.5. The normalized spacial score (nSPS) is 12.5. The van der Waals surface area contributed by atoms with Crippen LogP contribution in [-0.2, 0) is 11.3 Å². The number of nitrogens with one attached hydrogen (secondary N) is 2. The summed E-state index contributed by atoms with van der Waals surface area (Å²) < 4.78 is 16.2. The fourth-order valence-electron chi connectivity index (χ4n) is 4.37. The summed E-state index contributed by atoms with van der Waals surface area (Å²) in [5, 5.41) is 5.10. The van der Waals surface area contributed by atoms with Gasteiger partial charge in [0, 0.05) is 27.9 Å². The molecule has 0 fully saturated rings. The maximum atomic E-state index is 12.5. The van der Waals surface area contributed by atoms with E-state index in [1.54, 1.807) is 13.2 Å². The number of hydrogen-bond acceptors (Lipinski definition) is 5. The molecule has 0 radical (unpaired) electrons. The molecule has 0 unspecified atom stereocenters. The number of rotatable bonds is 6. The van der Waals surface area contributed by atoms with Crippen molar-refractivity contribution in [2.45, 2.75) is 6.54 Å². The van der Waals surface area contributed by atoms with Crippen molar-refractivity contribution in [2.24, 2.45) is 0 Å². The van der Waals surface area contributed by atoms with Crippen LogP contribution in [0.4, 0.5) is 0 Å². The number of benzene rings is 3. The number of aromatic amines is 1. The van der Waals surface area contributed by atoms with Gasteiger partial charge in [-0.3, -0.25) is 4.79 Å². The lowest BCUT2D eigenvalue weighted by molar-refractivity contribution is -0.116. The van der Waals surface area contributed by atoms with E-state index in [1.807, 2.05) is 66.7 Å². The molecule has 36 heavy (non-hydrogen) atoms. The number of nitrogens with zero attached hydrogens (tertiary/aromatic N) is 1. The number of amides is 1. The number of H-pyrrole nitrogens is 1. The van der Waals surface area contributed by atoms with Gasteiger partial charge in [-0.25, -0.2) is 4.98 Å². The zero-order valence-corrected chi connectivity index (χ0v) is 19.6. The van der Waals surface area contributed by atoms with Crippen molar-refractivity contribution in [1.82, 2.24) is 15.3 Å². The highest BCUT2D eigenvalue weighted by Gasteiger charge is 2.18. The van der Waals surface area contributed by atoms with Crippen LogP contribution < -0.4 is 19.5 Å². The molecule has 2 N–H and O–H groups in total. The predicted molar refractivity (Wildman–Crippen MR) is 139 cm³/mol. The molecule has 6 rings (SSSR count). The summed E-state index contributed by atoms with van der Waals surface area (Å²) in [6.45, 7) is 0.503. The molecule has 5 aromatic rings. The largest absolute Gasteiger partial charge is 0.497 e. The molecular weight excluding hydrogens is 454 g/mol. The van der Waals surface area contributed by atoms with Gasteiger partial charge >= 0.3 is 0 Å². The second kappa shape index (κ2) is 9.11. The first-order chi connectivity index (χ1) is 17.7. The quantitative estimate of drug-likeness (QED) is 0.318. The Balaban J connectivity index is 1.31. The van der Waals surface area contributed by atoms with Crippen LogP contribution in [0.5, 0.6) is 17.2 Å². The van der Waals surface area contributed by atoms with Gasteiger partial charge in [-0.15, -0.1) is 0 Å². The number of para-hydroxylation sites is 1. The summed E-state index contributed by atoms with van der Waals surface area (Å²) in [5.41, 5.74) is 5.33. The first kappa shape index (κ1) is 21.7. The van der Waals surface area contributed by atoms with Crippen LogP contribution in [0.15, 0.2) is 78.9 Å². The van der Waals surface area contributed by atoms with Crippen LogP contribution in [0.25, 0.3) is 39.1 Å². The van der Waals surface area contributed by atoms with Crippen molar-refractivity contribution in [3.63, 3.8) is 0 Å². The van der Waals surface area contributed by atoms with Crippen LogP contribution in [-0.4, -0.2) is 29.8 Å². The Kier molecular flexibility index (Phi) is 5.50. The molecule has 3 aromatic carbocycles. The Hall–Kier alpha value is -4.78. The third-order valence-electron chi connectivity index (χ3n) is 6.18. The minimum absolute atomic E-state index is 0.198. The van der Waals surface area contributed by atoms with Gasteiger partial charge in [-0.05, 0) is 54.1 Å². The highest BCUT2D eigenvalue weighted by atomic mass is 16.7. The van der Waals surface area contributed by atoms with Gasteiger partial charge in [-0.2, -0.15) is 0 Å². The third kappa shape index (κ3) is 4.11. The molecule has 0 bridgehead atoms. The summed E-state index contributed by atoms with van der Waals surface area (Å²) in [7, 11) is 1.62.